The summed E-state index contributed by atoms with van der Waals surface area (Å²) in [6, 6.07) is 4.67. The molecule has 0 saturated carbocycles. The van der Waals surface area contributed by atoms with Gasteiger partial charge in [0.05, 0.1) is 16.7 Å². The van der Waals surface area contributed by atoms with Crippen LogP contribution in [-0.2, 0) is 0 Å². The van der Waals surface area contributed by atoms with Gasteiger partial charge in [0.2, 0.25) is 0 Å². The van der Waals surface area contributed by atoms with Crippen LogP contribution in [0.4, 0.5) is 11.4 Å². The molecule has 6 heteroatoms. The number of benzene rings is 1. The molecule has 0 atom stereocenters. The first-order valence-corrected chi connectivity index (χ1v) is 4.19. The Morgan fingerprint density at radius 2 is 2.20 bits per heavy atom. The van der Waals surface area contributed by atoms with E-state index in [1.54, 1.807) is 25.1 Å². The lowest BCUT2D eigenvalue weighted by Gasteiger charge is -2.12. The van der Waals surface area contributed by atoms with Gasteiger partial charge in [-0.25, -0.2) is 0 Å². The van der Waals surface area contributed by atoms with Gasteiger partial charge in [-0.15, -0.1) is 0 Å². The normalized spacial score (nSPS) is 10.5. The zero-order valence-electron chi connectivity index (χ0n) is 8.41. The Labute approximate surface area is 86.6 Å². The Balaban J connectivity index is 3.27. The lowest BCUT2D eigenvalue weighted by Crippen LogP contribution is -2.09. The van der Waals surface area contributed by atoms with E-state index in [-0.39, 0.29) is 11.3 Å². The maximum atomic E-state index is 10.7. The fourth-order valence-corrected chi connectivity index (χ4v) is 1.14. The minimum atomic E-state index is -0.510. The van der Waals surface area contributed by atoms with Crippen LogP contribution in [0.2, 0.25) is 0 Å². The third-order valence-corrected chi connectivity index (χ3v) is 1.92. The fourth-order valence-electron chi connectivity index (χ4n) is 1.14. The Bertz CT molecular complexity index is 402. The third kappa shape index (κ3) is 2.43. The van der Waals surface area contributed by atoms with Crippen molar-refractivity contribution in [2.75, 3.05) is 19.0 Å². The van der Waals surface area contributed by atoms with E-state index < -0.39 is 4.92 Å². The Kier molecular flexibility index (Phi) is 3.22. The molecule has 0 unspecified atom stereocenters. The van der Waals surface area contributed by atoms with Crippen LogP contribution in [0, 0.1) is 10.1 Å². The molecular weight excluding hydrogens is 198 g/mol. The number of nitro groups is 1. The topological polar surface area (TPSA) is 79.0 Å². The summed E-state index contributed by atoms with van der Waals surface area (Å²) in [7, 11) is 3.58. The summed E-state index contributed by atoms with van der Waals surface area (Å²) in [4.78, 5) is 12.0. The van der Waals surface area contributed by atoms with Crippen LogP contribution in [0.25, 0.3) is 0 Å². The Morgan fingerprint density at radius 3 is 2.67 bits per heavy atom. The van der Waals surface area contributed by atoms with Crippen molar-refractivity contribution in [1.29, 1.82) is 0 Å². The van der Waals surface area contributed by atoms with Crippen LogP contribution >= 0.6 is 0 Å². The van der Waals surface area contributed by atoms with Gasteiger partial charge in [0.1, 0.15) is 0 Å². The van der Waals surface area contributed by atoms with Gasteiger partial charge in [0.25, 0.3) is 5.69 Å². The van der Waals surface area contributed by atoms with Crippen LogP contribution in [0.15, 0.2) is 23.4 Å². The molecule has 0 fully saturated rings. The number of nitro benzene ring substituents is 1. The van der Waals surface area contributed by atoms with Crippen LogP contribution in [0.1, 0.15) is 5.56 Å². The van der Waals surface area contributed by atoms with Crippen molar-refractivity contribution >= 4 is 17.6 Å². The van der Waals surface area contributed by atoms with Gasteiger partial charge >= 0.3 is 0 Å². The van der Waals surface area contributed by atoms with Gasteiger partial charge < -0.3 is 10.1 Å². The van der Waals surface area contributed by atoms with E-state index in [1.165, 1.54) is 12.1 Å². The summed E-state index contributed by atoms with van der Waals surface area (Å²) in [5.74, 6) is 0. The van der Waals surface area contributed by atoms with Crippen LogP contribution in [0.3, 0.4) is 0 Å². The Morgan fingerprint density at radius 1 is 1.53 bits per heavy atom. The van der Waals surface area contributed by atoms with E-state index >= 15 is 0 Å². The average molecular weight is 209 g/mol. The molecule has 6 nitrogen and oxygen atoms in total. The number of rotatable bonds is 3. The molecule has 1 rings (SSSR count). The van der Waals surface area contributed by atoms with Gasteiger partial charge in [-0.05, 0) is 12.1 Å². The molecule has 0 aliphatic carbocycles. The van der Waals surface area contributed by atoms with Crippen molar-refractivity contribution < 1.29 is 10.1 Å². The van der Waals surface area contributed by atoms with Gasteiger partial charge in [-0.2, -0.15) is 0 Å². The largest absolute Gasteiger partial charge is 0.411 e. The van der Waals surface area contributed by atoms with Gasteiger partial charge in [-0.3, -0.25) is 10.1 Å². The quantitative estimate of drug-likeness (QED) is 0.354. The highest BCUT2D eigenvalue weighted by Crippen LogP contribution is 2.23. The van der Waals surface area contributed by atoms with E-state index in [0.717, 1.165) is 11.9 Å². The molecule has 0 spiro atoms. The van der Waals surface area contributed by atoms with Crippen molar-refractivity contribution in [3.63, 3.8) is 0 Å². The first-order valence-electron chi connectivity index (χ1n) is 4.19. The summed E-state index contributed by atoms with van der Waals surface area (Å²) in [6.07, 6.45) is 1.04. The summed E-state index contributed by atoms with van der Waals surface area (Å²) >= 11 is 0. The van der Waals surface area contributed by atoms with Gasteiger partial charge in [-0.1, -0.05) is 5.16 Å². The molecule has 15 heavy (non-hydrogen) atoms. The molecule has 0 aromatic heterocycles. The van der Waals surface area contributed by atoms with E-state index in [4.69, 9.17) is 5.21 Å². The van der Waals surface area contributed by atoms with Crippen molar-refractivity contribution in [2.24, 2.45) is 5.16 Å². The van der Waals surface area contributed by atoms with Crippen molar-refractivity contribution in [3.8, 4) is 0 Å². The van der Waals surface area contributed by atoms with E-state index in [9.17, 15) is 10.1 Å². The second-order valence-electron chi connectivity index (χ2n) is 3.14. The number of nitrogens with zero attached hydrogens (tertiary/aromatic N) is 3. The predicted molar refractivity (Wildman–Crippen MR) is 56.8 cm³/mol. The lowest BCUT2D eigenvalue weighted by atomic mass is 10.1. The molecule has 1 aromatic rings. The number of oxime groups is 1. The second-order valence-corrected chi connectivity index (χ2v) is 3.14. The number of hydrogen-bond acceptors (Lipinski definition) is 5. The molecule has 0 aliphatic rings. The van der Waals surface area contributed by atoms with Crippen LogP contribution in [-0.4, -0.2) is 30.4 Å². The third-order valence-electron chi connectivity index (χ3n) is 1.92. The smallest absolute Gasteiger partial charge is 0.280 e. The maximum Gasteiger partial charge on any atom is 0.280 e. The first kappa shape index (κ1) is 11.0. The molecule has 0 amide bonds. The molecule has 0 saturated heterocycles. The zero-order chi connectivity index (χ0) is 11.4. The average Bonchev–Trinajstić information content (AvgIpc) is 2.18. The van der Waals surface area contributed by atoms with Crippen molar-refractivity contribution in [1.82, 2.24) is 0 Å². The number of hydrogen-bond donors (Lipinski definition) is 1. The highest BCUT2D eigenvalue weighted by atomic mass is 16.6. The van der Waals surface area contributed by atoms with Crippen LogP contribution in [0.5, 0.6) is 0 Å². The Hall–Kier alpha value is -2.11. The van der Waals surface area contributed by atoms with Gasteiger partial charge in [0.15, 0.2) is 0 Å². The summed E-state index contributed by atoms with van der Waals surface area (Å²) < 4.78 is 0. The second kappa shape index (κ2) is 4.41. The SMILES string of the molecule is CN(C)c1ccc(/C=N\O)c([N+](=O)[O-])c1. The highest BCUT2D eigenvalue weighted by Gasteiger charge is 2.13. The lowest BCUT2D eigenvalue weighted by molar-refractivity contribution is -0.384. The number of anilines is 1. The van der Waals surface area contributed by atoms with E-state index in [0.29, 0.717) is 0 Å². The van der Waals surface area contributed by atoms with Gasteiger partial charge in [0, 0.05) is 25.8 Å². The molecule has 0 radical (unpaired) electrons. The molecular formula is C9H11N3O3. The van der Waals surface area contributed by atoms with E-state index in [2.05, 4.69) is 5.16 Å². The molecule has 0 bridgehead atoms. The summed E-state index contributed by atoms with van der Waals surface area (Å²) in [5, 5.41) is 21.8. The highest BCUT2D eigenvalue weighted by molar-refractivity contribution is 5.86. The zero-order valence-corrected chi connectivity index (χ0v) is 8.41. The molecule has 1 N–H and O–H groups in total. The molecule has 0 aliphatic heterocycles. The summed E-state index contributed by atoms with van der Waals surface area (Å²) in [5.41, 5.74) is 0.906. The minimum absolute atomic E-state index is 0.0843. The fraction of sp³-hybridized carbons (Fsp3) is 0.222. The van der Waals surface area contributed by atoms with Crippen LogP contribution < -0.4 is 4.90 Å². The van der Waals surface area contributed by atoms with Crippen molar-refractivity contribution in [3.05, 3.63) is 33.9 Å². The standard InChI is InChI=1S/C9H11N3O3/c1-11(2)8-4-3-7(6-10-13)9(5-8)12(14)15/h3-6,13H,1-2H3/b10-6-. The molecule has 1 aromatic carbocycles. The molecule has 80 valence electrons. The van der Waals surface area contributed by atoms with E-state index in [1.807, 2.05) is 0 Å². The first-order chi connectivity index (χ1) is 7.06. The van der Waals surface area contributed by atoms with Crippen molar-refractivity contribution in [2.45, 2.75) is 0 Å². The maximum absolute atomic E-state index is 10.7. The monoisotopic (exact) mass is 209 g/mol. The molecule has 0 heterocycles. The minimum Gasteiger partial charge on any atom is -0.411 e. The predicted octanol–water partition coefficient (Wildman–Crippen LogP) is 1.47. The summed E-state index contributed by atoms with van der Waals surface area (Å²) in [6.45, 7) is 0.